The summed E-state index contributed by atoms with van der Waals surface area (Å²) >= 11 is 7.17. The summed E-state index contributed by atoms with van der Waals surface area (Å²) in [5.74, 6) is -0.561. The fourth-order valence-electron chi connectivity index (χ4n) is 6.62. The first-order valence-electron chi connectivity index (χ1n) is 15.3. The van der Waals surface area contributed by atoms with Gasteiger partial charge in [0.25, 0.3) is 20.0 Å². The number of aryl methyl sites for hydroxylation is 1. The van der Waals surface area contributed by atoms with Gasteiger partial charge in [-0.15, -0.1) is 11.3 Å². The van der Waals surface area contributed by atoms with Crippen molar-refractivity contribution in [1.29, 1.82) is 0 Å². The number of rotatable bonds is 10. The van der Waals surface area contributed by atoms with Crippen molar-refractivity contribution in [1.82, 2.24) is 33.3 Å². The molecule has 0 spiro atoms. The number of sulfonamides is 2. The van der Waals surface area contributed by atoms with E-state index in [9.17, 15) is 26.4 Å². The van der Waals surface area contributed by atoms with Crippen LogP contribution < -0.4 is 4.72 Å². The molecule has 6 rings (SSSR count). The number of carbonyl (C=O) groups excluding carboxylic acids is 2. The summed E-state index contributed by atoms with van der Waals surface area (Å²) in [6, 6.07) is 5.53. The normalized spacial score (nSPS) is 23.3. The molecule has 3 atom stereocenters. The van der Waals surface area contributed by atoms with E-state index in [0.29, 0.717) is 62.4 Å². The van der Waals surface area contributed by atoms with E-state index in [0.717, 1.165) is 28.9 Å². The molecule has 3 saturated heterocycles. The molecule has 13 nitrogen and oxygen atoms in total. The van der Waals surface area contributed by atoms with Gasteiger partial charge in [-0.1, -0.05) is 11.6 Å². The number of likely N-dealkylation sites (tertiary alicyclic amines) is 3. The summed E-state index contributed by atoms with van der Waals surface area (Å²) in [7, 11) is -4.36. The third-order valence-corrected chi connectivity index (χ3v) is 14.2. The predicted molar refractivity (Wildman–Crippen MR) is 174 cm³/mol. The second kappa shape index (κ2) is 13.1. The Morgan fingerprint density at radius 3 is 2.65 bits per heavy atom. The Labute approximate surface area is 278 Å². The number of fused-ring (bicyclic) bond motifs is 1. The van der Waals surface area contributed by atoms with Crippen molar-refractivity contribution in [3.05, 3.63) is 41.8 Å². The van der Waals surface area contributed by atoms with E-state index in [1.807, 2.05) is 4.90 Å². The first-order chi connectivity index (χ1) is 21.8. The number of aromatic nitrogens is 2. The Bertz CT molecular complexity index is 1850. The van der Waals surface area contributed by atoms with Gasteiger partial charge in [0.1, 0.15) is 10.3 Å². The molecular formula is C29H38ClN7O6S3. The predicted octanol–water partition coefficient (Wildman–Crippen LogP) is 1.94. The minimum absolute atomic E-state index is 0.0243. The molecule has 46 heavy (non-hydrogen) atoms. The van der Waals surface area contributed by atoms with E-state index in [1.54, 1.807) is 42.9 Å². The third kappa shape index (κ3) is 6.84. The third-order valence-electron chi connectivity index (χ3n) is 9.13. The number of piperidine rings is 1. The van der Waals surface area contributed by atoms with Crippen LogP contribution in [0.25, 0.3) is 10.1 Å². The molecule has 1 N–H and O–H groups in total. The number of amides is 2. The van der Waals surface area contributed by atoms with Gasteiger partial charge in [0.2, 0.25) is 11.8 Å². The number of benzene rings is 1. The molecule has 5 heterocycles. The fourth-order valence-corrected chi connectivity index (χ4v) is 10.8. The quantitative estimate of drug-likeness (QED) is 0.336. The van der Waals surface area contributed by atoms with Gasteiger partial charge in [0, 0.05) is 68.3 Å². The van der Waals surface area contributed by atoms with Crippen molar-refractivity contribution >= 4 is 64.9 Å². The van der Waals surface area contributed by atoms with Crippen molar-refractivity contribution in [2.45, 2.75) is 59.5 Å². The highest BCUT2D eigenvalue weighted by Crippen LogP contribution is 2.31. The zero-order chi connectivity index (χ0) is 32.8. The molecule has 17 heteroatoms. The van der Waals surface area contributed by atoms with Crippen LogP contribution in [-0.2, 0) is 36.7 Å². The Balaban J connectivity index is 1.04. The van der Waals surface area contributed by atoms with Crippen LogP contribution in [0.1, 0.15) is 32.1 Å². The summed E-state index contributed by atoms with van der Waals surface area (Å²) < 4.78 is 59.0. The van der Waals surface area contributed by atoms with Crippen molar-refractivity contribution in [3.63, 3.8) is 0 Å². The number of likely N-dealkylation sites (N-methyl/N-ethyl adjacent to an activating group) is 1. The van der Waals surface area contributed by atoms with Gasteiger partial charge in [-0.05, 0) is 68.3 Å². The van der Waals surface area contributed by atoms with Gasteiger partial charge in [-0.25, -0.2) is 21.8 Å². The number of thiophene rings is 1. The maximum atomic E-state index is 13.5. The van der Waals surface area contributed by atoms with Gasteiger partial charge < -0.3 is 14.4 Å². The van der Waals surface area contributed by atoms with Gasteiger partial charge in [0.05, 0.1) is 12.9 Å². The van der Waals surface area contributed by atoms with Gasteiger partial charge >= 0.3 is 0 Å². The minimum atomic E-state index is -3.96. The van der Waals surface area contributed by atoms with E-state index in [4.69, 9.17) is 11.6 Å². The van der Waals surface area contributed by atoms with Crippen LogP contribution in [0.4, 0.5) is 0 Å². The monoisotopic (exact) mass is 711 g/mol. The molecule has 0 aliphatic carbocycles. The van der Waals surface area contributed by atoms with Crippen LogP contribution in [0.2, 0.25) is 5.02 Å². The number of hydrogen-bond acceptors (Lipinski definition) is 9. The van der Waals surface area contributed by atoms with Crippen LogP contribution >= 0.6 is 22.9 Å². The number of nitrogens with one attached hydrogen (secondary N) is 1. The number of imidazole rings is 1. The lowest BCUT2D eigenvalue weighted by molar-refractivity contribution is -0.143. The van der Waals surface area contributed by atoms with Crippen LogP contribution in [0, 0.1) is 0 Å². The Hall–Kier alpha value is -2.60. The van der Waals surface area contributed by atoms with Crippen LogP contribution in [0.3, 0.4) is 0 Å². The Morgan fingerprint density at radius 1 is 1.11 bits per heavy atom. The average molecular weight is 712 g/mol. The fraction of sp³-hybridized carbons (Fsp3) is 0.552. The molecule has 3 aromatic rings. The van der Waals surface area contributed by atoms with Crippen molar-refractivity contribution < 1.29 is 26.4 Å². The maximum Gasteiger partial charge on any atom is 0.262 e. The van der Waals surface area contributed by atoms with Crippen LogP contribution in [0.5, 0.6) is 0 Å². The molecular weight excluding hydrogens is 674 g/mol. The van der Waals surface area contributed by atoms with E-state index in [-0.39, 0.29) is 33.8 Å². The van der Waals surface area contributed by atoms with E-state index in [2.05, 4.69) is 14.6 Å². The molecule has 3 fully saturated rings. The Kier molecular flexibility index (Phi) is 9.51. The highest BCUT2D eigenvalue weighted by atomic mass is 35.5. The molecule has 3 aliphatic rings. The Morgan fingerprint density at radius 2 is 1.89 bits per heavy atom. The molecule has 0 radical (unpaired) electrons. The molecule has 3 aliphatic heterocycles. The first kappa shape index (κ1) is 33.3. The molecule has 0 saturated carbocycles. The number of nitrogens with zero attached hydrogens (tertiary/aromatic N) is 6. The van der Waals surface area contributed by atoms with Crippen molar-refractivity contribution in [3.8, 4) is 0 Å². The zero-order valence-corrected chi connectivity index (χ0v) is 28.9. The topological polar surface area (TPSA) is 145 Å². The zero-order valence-electron chi connectivity index (χ0n) is 25.7. The SMILES string of the molecule is CN(C1CCN(CC2CCCN2C(=O)CN2CCCC(NS(=O)(=O)c3cc4cc(Cl)ccc4s3)C2=O)C1)S(=O)(=O)c1cn(C)cn1. The van der Waals surface area contributed by atoms with Crippen LogP contribution in [-0.4, -0.2) is 122 Å². The first-order valence-corrected chi connectivity index (χ1v) is 19.4. The number of carbonyl (C=O) groups is 2. The van der Waals surface area contributed by atoms with Crippen molar-refractivity contribution in [2.75, 3.05) is 46.3 Å². The lowest BCUT2D eigenvalue weighted by atomic mass is 10.1. The molecule has 2 amide bonds. The van der Waals surface area contributed by atoms with Gasteiger partial charge in [0.15, 0.2) is 5.03 Å². The summed E-state index contributed by atoms with van der Waals surface area (Å²) in [5.41, 5.74) is 0. The highest BCUT2D eigenvalue weighted by Gasteiger charge is 2.39. The minimum Gasteiger partial charge on any atom is -0.339 e. The van der Waals surface area contributed by atoms with E-state index in [1.165, 1.54) is 21.7 Å². The number of halogens is 1. The highest BCUT2D eigenvalue weighted by molar-refractivity contribution is 7.91. The number of hydrogen-bond donors (Lipinski definition) is 1. The summed E-state index contributed by atoms with van der Waals surface area (Å²) in [6.07, 6.45) is 6.23. The van der Waals surface area contributed by atoms with E-state index >= 15 is 0 Å². The van der Waals surface area contributed by atoms with Crippen molar-refractivity contribution in [2.24, 2.45) is 7.05 Å². The standard InChI is InChI=1S/C29H38ClN7O6S3/c1-33-17-26(31-19-33)46(42,43)34(2)22-9-12-35(15-22)16-23-5-3-11-37(23)27(38)18-36-10-4-6-24(29(36)39)32-45(40,41)28-14-20-13-21(30)7-8-25(20)44-28/h7-8,13-14,17,19,22-24,32H,3-6,9-12,15-16,18H2,1-2H3. The molecule has 3 unspecified atom stereocenters. The summed E-state index contributed by atoms with van der Waals surface area (Å²) in [4.78, 5) is 36.4. The molecule has 0 bridgehead atoms. The second-order valence-electron chi connectivity index (χ2n) is 12.3. The molecule has 250 valence electrons. The van der Waals surface area contributed by atoms with Gasteiger partial charge in [-0.2, -0.15) is 9.03 Å². The summed E-state index contributed by atoms with van der Waals surface area (Å²) in [6.45, 7) is 2.75. The lowest BCUT2D eigenvalue weighted by Crippen LogP contribution is -2.55. The lowest BCUT2D eigenvalue weighted by Gasteiger charge is -2.34. The second-order valence-corrected chi connectivity index (χ2v) is 17.7. The van der Waals surface area contributed by atoms with Gasteiger partial charge in [-0.3, -0.25) is 14.5 Å². The molecule has 1 aromatic carbocycles. The van der Waals surface area contributed by atoms with Crippen LogP contribution in [0.15, 0.2) is 46.0 Å². The molecule has 2 aromatic heterocycles. The summed E-state index contributed by atoms with van der Waals surface area (Å²) in [5, 5.41) is 1.25. The maximum absolute atomic E-state index is 13.5. The van der Waals surface area contributed by atoms with E-state index < -0.39 is 32.0 Å². The largest absolute Gasteiger partial charge is 0.339 e. The smallest absolute Gasteiger partial charge is 0.262 e. The average Bonchev–Trinajstić information content (AvgIpc) is 3.82.